The van der Waals surface area contributed by atoms with Gasteiger partial charge in [-0.15, -0.1) is 11.8 Å². The molecule has 4 aliphatic heterocycles. The lowest BCUT2D eigenvalue weighted by Gasteiger charge is -2.47. The van der Waals surface area contributed by atoms with Crippen molar-refractivity contribution in [3.8, 4) is 0 Å². The van der Waals surface area contributed by atoms with Crippen LogP contribution >= 0.6 is 11.8 Å². The summed E-state index contributed by atoms with van der Waals surface area (Å²) in [5.74, 6) is -2.03. The van der Waals surface area contributed by atoms with Gasteiger partial charge in [0.25, 0.3) is 0 Å². The summed E-state index contributed by atoms with van der Waals surface area (Å²) in [6, 6.07) is -1.06. The Balaban J connectivity index is 0.00000361. The number of nitrogens with one attached hydrogen (secondary N) is 2. The number of nitrogens with two attached hydrogens (primary N) is 2. The molecule has 0 aromatic heterocycles. The van der Waals surface area contributed by atoms with Gasteiger partial charge in [0.05, 0.1) is 24.5 Å². The van der Waals surface area contributed by atoms with E-state index in [1.807, 2.05) is 13.8 Å². The van der Waals surface area contributed by atoms with E-state index in [9.17, 15) is 24.3 Å². The number of hydrogen-bond acceptors (Lipinski definition) is 9. The maximum atomic E-state index is 13.0. The maximum absolute atomic E-state index is 13.0. The number of carbonyl (C=O) groups is 4. The highest BCUT2D eigenvalue weighted by molar-refractivity contribution is 8.03. The van der Waals surface area contributed by atoms with Crippen molar-refractivity contribution in [2.75, 3.05) is 33.2 Å². The van der Waals surface area contributed by atoms with Crippen LogP contribution < -0.4 is 22.1 Å². The summed E-state index contributed by atoms with van der Waals surface area (Å²) < 4.78 is 0. The monoisotopic (exact) mass is 510 g/mol. The van der Waals surface area contributed by atoms with Crippen LogP contribution in [-0.4, -0.2) is 101 Å². The summed E-state index contributed by atoms with van der Waals surface area (Å²) in [5.41, 5.74) is 12.0. The van der Waals surface area contributed by atoms with Gasteiger partial charge >= 0.3 is 5.97 Å². The van der Waals surface area contributed by atoms with Crippen LogP contribution in [0.2, 0.25) is 0 Å². The molecule has 35 heavy (non-hydrogen) atoms. The second-order valence-corrected chi connectivity index (χ2v) is 11.6. The highest BCUT2D eigenvalue weighted by atomic mass is 32.2. The molecule has 7 N–H and O–H groups in total. The fourth-order valence-electron chi connectivity index (χ4n) is 5.94. The Morgan fingerprint density at radius 1 is 1.29 bits per heavy atom. The number of carboxylic acids is 1. The summed E-state index contributed by atoms with van der Waals surface area (Å²) in [5, 5.41) is 16.1. The number of aliphatic carboxylic acids is 1. The van der Waals surface area contributed by atoms with Crippen LogP contribution in [-0.2, 0) is 19.2 Å². The van der Waals surface area contributed by atoms with Crippen LogP contribution in [0.15, 0.2) is 10.6 Å². The van der Waals surface area contributed by atoms with Gasteiger partial charge in [0.15, 0.2) is 0 Å². The molecule has 0 aliphatic carbocycles. The standard InChI is InChI=1S/C23H36N6O5S.H2/c1-10(4-12(30)6-26-3)17-18-11(2)20(19(23(33)34)29(18)22(17)32)35-13-5-16(27-7-13)21(31)28-8-14(24)15(25)9-28;/h10-11,13-18,26-27H,4-9,24-25H2,1-3H3,(H,33,34);1H/t10-,11+,13-,14-,15-,16-,17+,18?;/m0./s1. The van der Waals surface area contributed by atoms with Gasteiger partial charge in [0.2, 0.25) is 11.8 Å². The van der Waals surface area contributed by atoms with Gasteiger partial charge in [-0.1, -0.05) is 13.8 Å². The fourth-order valence-corrected chi connectivity index (χ4v) is 7.42. The molecule has 12 heteroatoms. The molecule has 0 aromatic carbocycles. The number of Topliss-reactive ketones (excluding diaryl/α,β-unsaturated/α-hetero) is 1. The Kier molecular flexibility index (Phi) is 7.58. The number of β-lactam (4-membered cyclic amide) rings is 1. The Bertz CT molecular complexity index is 940. The molecule has 2 amide bonds. The zero-order chi connectivity index (χ0) is 25.6. The topological polar surface area (TPSA) is 171 Å². The number of hydrogen-bond donors (Lipinski definition) is 5. The Labute approximate surface area is 210 Å². The summed E-state index contributed by atoms with van der Waals surface area (Å²) in [7, 11) is 1.70. The number of fused-ring (bicyclic) bond motifs is 1. The fraction of sp³-hybridized carbons (Fsp3) is 0.739. The minimum Gasteiger partial charge on any atom is -0.477 e. The second kappa shape index (κ2) is 10.2. The highest BCUT2D eigenvalue weighted by Crippen LogP contribution is 2.53. The minimum absolute atomic E-state index is 0. The molecule has 3 saturated heterocycles. The smallest absolute Gasteiger partial charge is 0.353 e. The first-order chi connectivity index (χ1) is 16.5. The zero-order valence-corrected chi connectivity index (χ0v) is 21.2. The number of rotatable bonds is 9. The van der Waals surface area contributed by atoms with Gasteiger partial charge in [0, 0.05) is 55.6 Å². The van der Waals surface area contributed by atoms with E-state index in [0.29, 0.717) is 31.0 Å². The molecule has 0 saturated carbocycles. The molecule has 4 aliphatic rings. The van der Waals surface area contributed by atoms with E-state index in [1.54, 1.807) is 11.9 Å². The minimum atomic E-state index is -1.12. The molecule has 0 aromatic rings. The number of carbonyl (C=O) groups excluding carboxylic acids is 3. The van der Waals surface area contributed by atoms with Crippen LogP contribution in [0.4, 0.5) is 0 Å². The number of amides is 2. The molecular formula is C23H38N6O5S. The molecule has 0 radical (unpaired) electrons. The molecule has 8 atom stereocenters. The molecular weight excluding hydrogens is 472 g/mol. The summed E-state index contributed by atoms with van der Waals surface area (Å²) in [6.45, 7) is 5.54. The second-order valence-electron chi connectivity index (χ2n) is 10.3. The van der Waals surface area contributed by atoms with Gasteiger partial charge in [0.1, 0.15) is 11.5 Å². The van der Waals surface area contributed by atoms with Crippen LogP contribution in [0.1, 0.15) is 28.1 Å². The third-order valence-corrected chi connectivity index (χ3v) is 9.25. The van der Waals surface area contributed by atoms with Crippen molar-refractivity contribution in [3.05, 3.63) is 10.6 Å². The normalized spacial score (nSPS) is 35.3. The zero-order valence-electron chi connectivity index (χ0n) is 20.4. The number of likely N-dealkylation sites (N-methyl/N-ethyl adjacent to an activating group) is 1. The lowest BCUT2D eigenvalue weighted by molar-refractivity contribution is -0.160. The summed E-state index contributed by atoms with van der Waals surface area (Å²) in [4.78, 5) is 54.0. The number of thioether (sulfide) groups is 1. The first-order valence-electron chi connectivity index (χ1n) is 12.2. The van der Waals surface area contributed by atoms with E-state index in [-0.39, 0.29) is 84.9 Å². The van der Waals surface area contributed by atoms with Crippen LogP contribution in [0.25, 0.3) is 0 Å². The first kappa shape index (κ1) is 26.1. The lowest BCUT2D eigenvalue weighted by atomic mass is 9.73. The molecule has 4 rings (SSSR count). The molecule has 196 valence electrons. The van der Waals surface area contributed by atoms with Crippen LogP contribution in [0.5, 0.6) is 0 Å². The van der Waals surface area contributed by atoms with Gasteiger partial charge in [-0.2, -0.15) is 0 Å². The highest BCUT2D eigenvalue weighted by Gasteiger charge is 2.60. The predicted octanol–water partition coefficient (Wildman–Crippen LogP) is -1.22. The molecule has 4 heterocycles. The first-order valence-corrected chi connectivity index (χ1v) is 13.1. The van der Waals surface area contributed by atoms with Gasteiger partial charge in [-0.05, 0) is 19.4 Å². The predicted molar refractivity (Wildman–Crippen MR) is 133 cm³/mol. The van der Waals surface area contributed by atoms with Gasteiger partial charge in [-0.3, -0.25) is 14.4 Å². The van der Waals surface area contributed by atoms with Gasteiger partial charge < -0.3 is 37.0 Å². The third-order valence-electron chi connectivity index (χ3n) is 7.73. The van der Waals surface area contributed by atoms with E-state index < -0.39 is 5.97 Å². The number of ketones is 1. The van der Waals surface area contributed by atoms with Crippen molar-refractivity contribution < 1.29 is 25.7 Å². The molecule has 0 bridgehead atoms. The lowest BCUT2D eigenvalue weighted by Crippen LogP contribution is -2.62. The van der Waals surface area contributed by atoms with Gasteiger partial charge in [-0.25, -0.2) is 4.79 Å². The van der Waals surface area contributed by atoms with E-state index in [1.165, 1.54) is 16.7 Å². The average Bonchev–Trinajstić information content (AvgIpc) is 3.45. The number of carboxylic acid groups (broad SMARTS) is 1. The molecule has 0 spiro atoms. The van der Waals surface area contributed by atoms with E-state index in [4.69, 9.17) is 11.5 Å². The van der Waals surface area contributed by atoms with Crippen LogP contribution in [0.3, 0.4) is 0 Å². The summed E-state index contributed by atoms with van der Waals surface area (Å²) >= 11 is 1.45. The molecule has 11 nitrogen and oxygen atoms in total. The number of likely N-dealkylation sites (tertiary alicyclic amines) is 1. The molecule has 1 unspecified atom stereocenters. The summed E-state index contributed by atoms with van der Waals surface area (Å²) in [6.07, 6.45) is 0.837. The quantitative estimate of drug-likeness (QED) is 0.237. The van der Waals surface area contributed by atoms with Crippen molar-refractivity contribution in [1.29, 1.82) is 0 Å². The maximum Gasteiger partial charge on any atom is 0.353 e. The van der Waals surface area contributed by atoms with Crippen molar-refractivity contribution in [2.45, 2.75) is 56.1 Å². The van der Waals surface area contributed by atoms with E-state index >= 15 is 0 Å². The largest absolute Gasteiger partial charge is 0.477 e. The van der Waals surface area contributed by atoms with Crippen molar-refractivity contribution in [3.63, 3.8) is 0 Å². The average molecular weight is 511 g/mol. The van der Waals surface area contributed by atoms with E-state index in [0.717, 1.165) is 0 Å². The van der Waals surface area contributed by atoms with Crippen molar-refractivity contribution in [2.24, 2.45) is 29.2 Å². The Morgan fingerprint density at radius 2 is 1.94 bits per heavy atom. The molecule has 3 fully saturated rings. The SMILES string of the molecule is CNCC(=O)C[C@H](C)[C@H]1C(=O)N2C(C(=O)O)=C(S[C@@H]3CN[C@H](C(=O)N4C[C@H](N)[C@@H](N)C4)C3)[C@H](C)C12.[HH]. The van der Waals surface area contributed by atoms with Crippen molar-refractivity contribution in [1.82, 2.24) is 20.4 Å². The number of nitrogens with zero attached hydrogens (tertiary/aromatic N) is 2. The third kappa shape index (κ3) is 4.74. The van der Waals surface area contributed by atoms with Crippen molar-refractivity contribution >= 4 is 35.3 Å². The van der Waals surface area contributed by atoms with E-state index in [2.05, 4.69) is 10.6 Å². The Hall–Kier alpha value is -1.99. The van der Waals surface area contributed by atoms with Crippen LogP contribution in [0, 0.1) is 17.8 Å². The Morgan fingerprint density at radius 3 is 2.54 bits per heavy atom.